The number of benzene rings is 1. The van der Waals surface area contributed by atoms with Gasteiger partial charge in [-0.2, -0.15) is 8.42 Å². The average Bonchev–Trinajstić information content (AvgIpc) is 3.19. The van der Waals surface area contributed by atoms with E-state index in [0.717, 1.165) is 17.5 Å². The molecule has 4 heterocycles. The molecule has 2 aromatic heterocycles. The van der Waals surface area contributed by atoms with Gasteiger partial charge < -0.3 is 14.9 Å². The molecule has 0 aliphatic carbocycles. The number of fused-ring (bicyclic) bond motifs is 1. The smallest absolute Gasteiger partial charge is 0.326 e. The number of carboxylic acids is 1. The van der Waals surface area contributed by atoms with Crippen molar-refractivity contribution in [3.8, 4) is 0 Å². The first-order chi connectivity index (χ1) is 18.5. The van der Waals surface area contributed by atoms with Crippen LogP contribution < -0.4 is 14.5 Å². The number of aromatic nitrogens is 2. The molecule has 1 saturated heterocycles. The summed E-state index contributed by atoms with van der Waals surface area (Å²) in [5, 5.41) is 9.51. The second-order valence-corrected chi connectivity index (χ2v) is 12.5. The fourth-order valence-electron chi connectivity index (χ4n) is 5.68. The molecule has 2 atom stereocenters. The first-order valence-electron chi connectivity index (χ1n) is 12.8. The van der Waals surface area contributed by atoms with E-state index in [4.69, 9.17) is 0 Å². The number of sulfonamides is 1. The molecule has 1 fully saturated rings. The summed E-state index contributed by atoms with van der Waals surface area (Å²) in [5.74, 6) is -0.822. The van der Waals surface area contributed by atoms with E-state index in [0.29, 0.717) is 18.3 Å². The monoisotopic (exact) mass is 549 g/mol. The fraction of sp³-hybridized carbons (Fsp3) is 0.357. The predicted octanol–water partition coefficient (Wildman–Crippen LogP) is 3.24. The van der Waals surface area contributed by atoms with Crippen LogP contribution >= 0.6 is 0 Å². The normalized spacial score (nSPS) is 20.4. The van der Waals surface area contributed by atoms with Gasteiger partial charge in [-0.3, -0.25) is 4.79 Å². The van der Waals surface area contributed by atoms with Gasteiger partial charge in [0.05, 0.1) is 5.56 Å². The molecule has 2 aliphatic rings. The van der Waals surface area contributed by atoms with E-state index in [2.05, 4.69) is 35.5 Å². The van der Waals surface area contributed by atoms with E-state index in [1.807, 2.05) is 29.2 Å². The maximum absolute atomic E-state index is 13.3. The third kappa shape index (κ3) is 5.18. The summed E-state index contributed by atoms with van der Waals surface area (Å²) in [4.78, 5) is 37.7. The number of rotatable bonds is 6. The molecular formula is C28H31N5O5S. The van der Waals surface area contributed by atoms with Crippen LogP contribution in [0.3, 0.4) is 0 Å². The van der Waals surface area contributed by atoms with Crippen LogP contribution in [0.4, 0.5) is 11.6 Å². The number of hydrogen-bond acceptors (Lipinski definition) is 8. The molecule has 204 valence electrons. The van der Waals surface area contributed by atoms with Gasteiger partial charge >= 0.3 is 5.97 Å². The van der Waals surface area contributed by atoms with E-state index in [1.165, 1.54) is 12.1 Å². The van der Waals surface area contributed by atoms with Crippen molar-refractivity contribution < 1.29 is 23.1 Å². The quantitative estimate of drug-likeness (QED) is 0.475. The SMILES string of the molecule is CC1CN(c2ncccc2C(=O)NS(=O)(=O)c2cccc(N3Cc4ccccc4C[C@H]3C(=O)O)n2)C(C)(C)C1. The fourth-order valence-corrected chi connectivity index (χ4v) is 6.61. The minimum Gasteiger partial charge on any atom is -0.480 e. The van der Waals surface area contributed by atoms with Crippen LogP contribution in [-0.2, 0) is 27.8 Å². The van der Waals surface area contributed by atoms with Gasteiger partial charge in [-0.1, -0.05) is 37.3 Å². The zero-order chi connectivity index (χ0) is 27.9. The van der Waals surface area contributed by atoms with Crippen LogP contribution in [0.25, 0.3) is 0 Å². The molecule has 39 heavy (non-hydrogen) atoms. The first kappa shape index (κ1) is 26.6. The number of aliphatic carboxylic acids is 1. The van der Waals surface area contributed by atoms with Gasteiger partial charge in [0.1, 0.15) is 17.7 Å². The molecule has 0 spiro atoms. The van der Waals surface area contributed by atoms with Crippen LogP contribution in [0, 0.1) is 5.92 Å². The van der Waals surface area contributed by atoms with Gasteiger partial charge in [0.2, 0.25) is 0 Å². The van der Waals surface area contributed by atoms with Crippen LogP contribution in [-0.4, -0.2) is 53.5 Å². The number of nitrogens with zero attached hydrogens (tertiary/aromatic N) is 4. The van der Waals surface area contributed by atoms with Crippen molar-refractivity contribution in [2.75, 3.05) is 16.3 Å². The Morgan fingerprint density at radius 3 is 2.49 bits per heavy atom. The van der Waals surface area contributed by atoms with Crippen LogP contribution in [0.5, 0.6) is 0 Å². The van der Waals surface area contributed by atoms with Crippen molar-refractivity contribution in [2.45, 2.75) is 56.8 Å². The summed E-state index contributed by atoms with van der Waals surface area (Å²) in [7, 11) is -4.38. The Morgan fingerprint density at radius 1 is 1.05 bits per heavy atom. The minimum atomic E-state index is -4.38. The standard InChI is InChI=1S/C28H31N5O5S/c1-18-15-28(2,3)33(16-18)25-21(10-7-13-29-25)26(34)31-39(37,38)24-12-6-11-23(30-24)32-17-20-9-5-4-8-19(20)14-22(32)27(35)36/h4-13,18,22H,14-17H2,1-3H3,(H,31,34)(H,35,36)/t18?,22-/m0/s1. The van der Waals surface area contributed by atoms with E-state index >= 15 is 0 Å². The number of carboxylic acid groups (broad SMARTS) is 1. The summed E-state index contributed by atoms with van der Waals surface area (Å²) in [6.07, 6.45) is 2.76. The highest BCUT2D eigenvalue weighted by atomic mass is 32.2. The Labute approximate surface area is 227 Å². The van der Waals surface area contributed by atoms with Gasteiger partial charge in [-0.25, -0.2) is 19.5 Å². The van der Waals surface area contributed by atoms with Crippen molar-refractivity contribution in [3.63, 3.8) is 0 Å². The predicted molar refractivity (Wildman–Crippen MR) is 146 cm³/mol. The van der Waals surface area contributed by atoms with Gasteiger partial charge in [0.25, 0.3) is 15.9 Å². The third-order valence-electron chi connectivity index (χ3n) is 7.40. The Balaban J connectivity index is 1.43. The van der Waals surface area contributed by atoms with E-state index in [9.17, 15) is 23.1 Å². The largest absolute Gasteiger partial charge is 0.480 e. The van der Waals surface area contributed by atoms with Crippen molar-refractivity contribution in [1.82, 2.24) is 14.7 Å². The number of carbonyl (C=O) groups is 2. The zero-order valence-electron chi connectivity index (χ0n) is 22.0. The molecule has 2 aliphatic heterocycles. The Kier molecular flexibility index (Phi) is 6.79. The van der Waals surface area contributed by atoms with Crippen molar-refractivity contribution in [2.24, 2.45) is 5.92 Å². The topological polar surface area (TPSA) is 133 Å². The number of pyridine rings is 2. The molecule has 10 nitrogen and oxygen atoms in total. The van der Waals surface area contributed by atoms with Gasteiger partial charge in [-0.05, 0) is 61.6 Å². The Bertz CT molecular complexity index is 1540. The number of nitrogens with one attached hydrogen (secondary N) is 1. The van der Waals surface area contributed by atoms with E-state index in [-0.39, 0.29) is 34.9 Å². The molecule has 11 heteroatoms. The highest BCUT2D eigenvalue weighted by Crippen LogP contribution is 2.37. The lowest BCUT2D eigenvalue weighted by molar-refractivity contribution is -0.138. The molecule has 2 N–H and O–H groups in total. The van der Waals surface area contributed by atoms with Gasteiger partial charge in [-0.15, -0.1) is 0 Å². The minimum absolute atomic E-state index is 0.151. The molecule has 3 aromatic rings. The highest BCUT2D eigenvalue weighted by Gasteiger charge is 2.39. The summed E-state index contributed by atoms with van der Waals surface area (Å²) in [6.45, 7) is 7.23. The van der Waals surface area contributed by atoms with Crippen molar-refractivity contribution in [1.29, 1.82) is 0 Å². The Hall–Kier alpha value is -3.99. The zero-order valence-corrected chi connectivity index (χ0v) is 22.9. The lowest BCUT2D eigenvalue weighted by atomic mass is 9.94. The van der Waals surface area contributed by atoms with Crippen LogP contribution in [0.15, 0.2) is 65.8 Å². The van der Waals surface area contributed by atoms with Gasteiger partial charge in [0.15, 0.2) is 5.03 Å². The average molecular weight is 550 g/mol. The number of carbonyl (C=O) groups excluding carboxylic acids is 1. The molecular weight excluding hydrogens is 518 g/mol. The first-order valence-corrected chi connectivity index (χ1v) is 14.3. The lowest BCUT2D eigenvalue weighted by Gasteiger charge is -2.35. The van der Waals surface area contributed by atoms with Crippen LogP contribution in [0.1, 0.15) is 48.7 Å². The van der Waals surface area contributed by atoms with E-state index in [1.54, 1.807) is 29.3 Å². The molecule has 0 saturated carbocycles. The molecule has 0 radical (unpaired) electrons. The summed E-state index contributed by atoms with van der Waals surface area (Å²) in [5.41, 5.74) is 1.78. The highest BCUT2D eigenvalue weighted by molar-refractivity contribution is 7.90. The summed E-state index contributed by atoms with van der Waals surface area (Å²) >= 11 is 0. The maximum Gasteiger partial charge on any atom is 0.326 e. The second-order valence-electron chi connectivity index (χ2n) is 10.8. The molecule has 1 aromatic carbocycles. The van der Waals surface area contributed by atoms with E-state index < -0.39 is 27.9 Å². The molecule has 1 unspecified atom stereocenters. The number of amides is 1. The molecule has 0 bridgehead atoms. The summed E-state index contributed by atoms with van der Waals surface area (Å²) in [6, 6.07) is 14.1. The molecule has 5 rings (SSSR count). The third-order valence-corrected chi connectivity index (χ3v) is 8.63. The lowest BCUT2D eigenvalue weighted by Crippen LogP contribution is -2.46. The van der Waals surface area contributed by atoms with Crippen molar-refractivity contribution >= 4 is 33.5 Å². The maximum atomic E-state index is 13.3. The van der Waals surface area contributed by atoms with Crippen LogP contribution in [0.2, 0.25) is 0 Å². The molecule has 1 amide bonds. The Morgan fingerprint density at radius 2 is 1.79 bits per heavy atom. The second kappa shape index (κ2) is 9.96. The summed E-state index contributed by atoms with van der Waals surface area (Å²) < 4.78 is 28.8. The van der Waals surface area contributed by atoms with Crippen molar-refractivity contribution in [3.05, 3.63) is 77.5 Å². The number of hydrogen-bond donors (Lipinski definition) is 2. The number of anilines is 2. The van der Waals surface area contributed by atoms with Gasteiger partial charge in [0, 0.05) is 31.2 Å².